The van der Waals surface area contributed by atoms with Gasteiger partial charge >= 0.3 is 0 Å². The summed E-state index contributed by atoms with van der Waals surface area (Å²) in [7, 11) is 0. The molecule has 0 unspecified atom stereocenters. The van der Waals surface area contributed by atoms with Gasteiger partial charge in [0.15, 0.2) is 5.76 Å². The number of aliphatic hydroxyl groups excluding tert-OH is 1. The van der Waals surface area contributed by atoms with Gasteiger partial charge in [0.25, 0.3) is 5.91 Å². The van der Waals surface area contributed by atoms with Crippen LogP contribution < -0.4 is 5.32 Å². The van der Waals surface area contributed by atoms with Crippen LogP contribution in [0.3, 0.4) is 0 Å². The molecule has 0 saturated heterocycles. The minimum Gasteiger partial charge on any atom is -0.459 e. The zero-order valence-electron chi connectivity index (χ0n) is 8.51. The molecule has 0 aliphatic carbocycles. The minimum atomic E-state index is -0.328. The van der Waals surface area contributed by atoms with Crippen LogP contribution in [0.5, 0.6) is 0 Å². The fraction of sp³-hybridized carbons (Fsp3) is 0.0833. The van der Waals surface area contributed by atoms with Crippen LogP contribution in [-0.2, 0) is 6.61 Å². The lowest BCUT2D eigenvalue weighted by Gasteiger charge is -2.07. The molecule has 4 heteroatoms. The van der Waals surface area contributed by atoms with Gasteiger partial charge in [-0.05, 0) is 18.2 Å². The number of hydrogen-bond acceptors (Lipinski definition) is 3. The number of benzene rings is 1. The quantitative estimate of drug-likeness (QED) is 0.826. The van der Waals surface area contributed by atoms with Gasteiger partial charge in [0, 0.05) is 11.3 Å². The summed E-state index contributed by atoms with van der Waals surface area (Å²) >= 11 is 0. The molecule has 0 fully saturated rings. The van der Waals surface area contributed by atoms with Crippen LogP contribution in [-0.4, -0.2) is 11.0 Å². The molecule has 0 aliphatic rings. The molecule has 0 bridgehead atoms. The summed E-state index contributed by atoms with van der Waals surface area (Å²) in [5.74, 6) is -0.0846. The Labute approximate surface area is 92.5 Å². The maximum atomic E-state index is 11.7. The van der Waals surface area contributed by atoms with E-state index in [0.717, 1.165) is 0 Å². The third-order valence-electron chi connectivity index (χ3n) is 2.18. The highest BCUT2D eigenvalue weighted by atomic mass is 16.3. The van der Waals surface area contributed by atoms with E-state index in [4.69, 9.17) is 9.52 Å². The van der Waals surface area contributed by atoms with Gasteiger partial charge in [0.1, 0.15) is 0 Å². The van der Waals surface area contributed by atoms with Crippen molar-refractivity contribution in [3.8, 4) is 0 Å². The van der Waals surface area contributed by atoms with E-state index >= 15 is 0 Å². The standard InChI is InChI=1S/C12H11NO3/c14-8-9-4-1-2-5-10(9)13-12(15)11-6-3-7-16-11/h1-7,14H,8H2,(H,13,15). The fourth-order valence-electron chi connectivity index (χ4n) is 1.37. The largest absolute Gasteiger partial charge is 0.459 e. The predicted molar refractivity (Wildman–Crippen MR) is 59.0 cm³/mol. The molecule has 0 spiro atoms. The Morgan fingerprint density at radius 3 is 2.75 bits per heavy atom. The smallest absolute Gasteiger partial charge is 0.291 e. The first kappa shape index (κ1) is 10.4. The number of nitrogens with one attached hydrogen (secondary N) is 1. The monoisotopic (exact) mass is 217 g/mol. The second-order valence-corrected chi connectivity index (χ2v) is 3.25. The van der Waals surface area contributed by atoms with Crippen molar-refractivity contribution in [2.24, 2.45) is 0 Å². The highest BCUT2D eigenvalue weighted by Crippen LogP contribution is 2.16. The molecule has 1 aromatic heterocycles. The third-order valence-corrected chi connectivity index (χ3v) is 2.18. The lowest BCUT2D eigenvalue weighted by atomic mass is 10.2. The number of aliphatic hydroxyl groups is 1. The predicted octanol–water partition coefficient (Wildman–Crippen LogP) is 2.02. The van der Waals surface area contributed by atoms with Crippen molar-refractivity contribution in [1.29, 1.82) is 0 Å². The number of amides is 1. The fourth-order valence-corrected chi connectivity index (χ4v) is 1.37. The summed E-state index contributed by atoms with van der Waals surface area (Å²) in [4.78, 5) is 11.7. The summed E-state index contributed by atoms with van der Waals surface area (Å²) in [6, 6.07) is 10.3. The van der Waals surface area contributed by atoms with E-state index < -0.39 is 0 Å². The van der Waals surface area contributed by atoms with Crippen molar-refractivity contribution in [3.05, 3.63) is 54.0 Å². The molecule has 0 saturated carbocycles. The van der Waals surface area contributed by atoms with Crippen molar-refractivity contribution in [2.45, 2.75) is 6.61 Å². The van der Waals surface area contributed by atoms with Crippen LogP contribution in [0.15, 0.2) is 47.1 Å². The Morgan fingerprint density at radius 1 is 1.25 bits per heavy atom. The molecule has 2 aromatic rings. The lowest BCUT2D eigenvalue weighted by molar-refractivity contribution is 0.0996. The lowest BCUT2D eigenvalue weighted by Crippen LogP contribution is -2.12. The van der Waals surface area contributed by atoms with Gasteiger partial charge in [-0.3, -0.25) is 4.79 Å². The Hall–Kier alpha value is -2.07. The second kappa shape index (κ2) is 4.63. The molecule has 2 N–H and O–H groups in total. The molecule has 1 aromatic carbocycles. The number of rotatable bonds is 3. The highest BCUT2D eigenvalue weighted by molar-refractivity contribution is 6.02. The Balaban J connectivity index is 2.18. The SMILES string of the molecule is O=C(Nc1ccccc1CO)c1ccco1. The maximum absolute atomic E-state index is 11.7. The number of para-hydroxylation sites is 1. The Bertz CT molecular complexity index is 477. The van der Waals surface area contributed by atoms with E-state index in [9.17, 15) is 4.79 Å². The molecule has 1 heterocycles. The van der Waals surface area contributed by atoms with Crippen molar-refractivity contribution in [1.82, 2.24) is 0 Å². The van der Waals surface area contributed by atoms with Gasteiger partial charge in [-0.1, -0.05) is 18.2 Å². The van der Waals surface area contributed by atoms with Crippen LogP contribution >= 0.6 is 0 Å². The van der Waals surface area contributed by atoms with Gasteiger partial charge in [-0.25, -0.2) is 0 Å². The Kier molecular flexibility index (Phi) is 3.03. The molecule has 0 atom stereocenters. The van der Waals surface area contributed by atoms with Gasteiger partial charge in [-0.2, -0.15) is 0 Å². The van der Waals surface area contributed by atoms with Crippen LogP contribution in [0.1, 0.15) is 16.1 Å². The number of anilines is 1. The average Bonchev–Trinajstić information content (AvgIpc) is 2.83. The van der Waals surface area contributed by atoms with Crippen molar-refractivity contribution in [3.63, 3.8) is 0 Å². The van der Waals surface area contributed by atoms with Crippen molar-refractivity contribution >= 4 is 11.6 Å². The van der Waals surface area contributed by atoms with Gasteiger partial charge in [0.2, 0.25) is 0 Å². The third kappa shape index (κ3) is 2.12. The van der Waals surface area contributed by atoms with E-state index in [2.05, 4.69) is 5.32 Å². The normalized spacial score (nSPS) is 10.1. The van der Waals surface area contributed by atoms with Crippen LogP contribution in [0.2, 0.25) is 0 Å². The van der Waals surface area contributed by atoms with Crippen molar-refractivity contribution in [2.75, 3.05) is 5.32 Å². The number of furan rings is 1. The zero-order valence-corrected chi connectivity index (χ0v) is 8.51. The van der Waals surface area contributed by atoms with Gasteiger partial charge in [0.05, 0.1) is 12.9 Å². The molecule has 1 amide bonds. The minimum absolute atomic E-state index is 0.116. The summed E-state index contributed by atoms with van der Waals surface area (Å²) in [5.41, 5.74) is 1.26. The maximum Gasteiger partial charge on any atom is 0.291 e. The molecule has 16 heavy (non-hydrogen) atoms. The molecule has 2 rings (SSSR count). The number of carbonyl (C=O) groups excluding carboxylic acids is 1. The molecular formula is C12H11NO3. The van der Waals surface area contributed by atoms with Crippen LogP contribution in [0, 0.1) is 0 Å². The van der Waals surface area contributed by atoms with E-state index in [1.807, 2.05) is 0 Å². The highest BCUT2D eigenvalue weighted by Gasteiger charge is 2.10. The molecule has 4 nitrogen and oxygen atoms in total. The molecule has 0 aliphatic heterocycles. The summed E-state index contributed by atoms with van der Waals surface area (Å²) < 4.78 is 4.97. The first-order valence-electron chi connectivity index (χ1n) is 4.85. The first-order valence-corrected chi connectivity index (χ1v) is 4.85. The summed E-state index contributed by atoms with van der Waals surface area (Å²) in [6.07, 6.45) is 1.44. The molecule has 82 valence electrons. The molecular weight excluding hydrogens is 206 g/mol. The summed E-state index contributed by atoms with van der Waals surface area (Å²) in [6.45, 7) is -0.116. The van der Waals surface area contributed by atoms with E-state index in [1.54, 1.807) is 36.4 Å². The van der Waals surface area contributed by atoms with E-state index in [1.165, 1.54) is 6.26 Å². The number of carbonyl (C=O) groups is 1. The van der Waals surface area contributed by atoms with Gasteiger partial charge in [-0.15, -0.1) is 0 Å². The van der Waals surface area contributed by atoms with E-state index in [-0.39, 0.29) is 18.3 Å². The van der Waals surface area contributed by atoms with Crippen molar-refractivity contribution < 1.29 is 14.3 Å². The topological polar surface area (TPSA) is 62.5 Å². The van der Waals surface area contributed by atoms with Crippen LogP contribution in [0.25, 0.3) is 0 Å². The summed E-state index contributed by atoms with van der Waals surface area (Å²) in [5, 5.41) is 11.8. The second-order valence-electron chi connectivity index (χ2n) is 3.25. The first-order chi connectivity index (χ1) is 7.81. The average molecular weight is 217 g/mol. The number of hydrogen-bond donors (Lipinski definition) is 2. The van der Waals surface area contributed by atoms with Crippen LogP contribution in [0.4, 0.5) is 5.69 Å². The molecule has 0 radical (unpaired) electrons. The zero-order chi connectivity index (χ0) is 11.4. The van der Waals surface area contributed by atoms with Gasteiger partial charge < -0.3 is 14.8 Å². The van der Waals surface area contributed by atoms with E-state index in [0.29, 0.717) is 11.3 Å². The Morgan fingerprint density at radius 2 is 2.06 bits per heavy atom.